The van der Waals surface area contributed by atoms with Gasteiger partial charge in [0.15, 0.2) is 0 Å². The van der Waals surface area contributed by atoms with Gasteiger partial charge in [-0.15, -0.1) is 5.10 Å². The van der Waals surface area contributed by atoms with Crippen LogP contribution >= 0.6 is 0 Å². The van der Waals surface area contributed by atoms with E-state index in [9.17, 15) is 20.4 Å². The Kier molecular flexibility index (Phi) is 7.79. The zero-order chi connectivity index (χ0) is 23.6. The summed E-state index contributed by atoms with van der Waals surface area (Å²) in [6, 6.07) is 7.84. The highest BCUT2D eigenvalue weighted by atomic mass is 16.7. The first-order valence-corrected chi connectivity index (χ1v) is 10.9. The summed E-state index contributed by atoms with van der Waals surface area (Å²) in [5.74, 6) is 1.05. The molecule has 0 spiro atoms. The highest BCUT2D eigenvalue weighted by Gasteiger charge is 2.45. The standard InChI is InChI=1S/C23H34N2O7/c1-12(2)25-14(5)17(10-15-6-8-16(9-7-15)30-13(3)4)22(24-25)32-23-21(29)20(28)19(27)18(11-26)31-23/h6-9,12-13,18-21,23,26-29H,10-11H2,1-5H3/t18?,19-,20?,21+,23+/m1/s1. The molecule has 9 heteroatoms. The van der Waals surface area contributed by atoms with Gasteiger partial charge in [-0.3, -0.25) is 4.68 Å². The third-order valence-electron chi connectivity index (χ3n) is 5.48. The third kappa shape index (κ3) is 5.24. The zero-order valence-electron chi connectivity index (χ0n) is 19.2. The molecule has 0 bridgehead atoms. The summed E-state index contributed by atoms with van der Waals surface area (Å²) in [7, 11) is 0. The average Bonchev–Trinajstić information content (AvgIpc) is 3.05. The largest absolute Gasteiger partial charge is 0.491 e. The highest BCUT2D eigenvalue weighted by Crippen LogP contribution is 2.31. The van der Waals surface area contributed by atoms with Crippen molar-refractivity contribution in [3.8, 4) is 11.6 Å². The lowest BCUT2D eigenvalue weighted by atomic mass is 9.99. The molecular formula is C23H34N2O7. The normalized spacial score (nSPS) is 26.0. The fraction of sp³-hybridized carbons (Fsp3) is 0.609. The lowest BCUT2D eigenvalue weighted by Gasteiger charge is -2.39. The first-order chi connectivity index (χ1) is 15.1. The monoisotopic (exact) mass is 450 g/mol. The Hall–Kier alpha value is -2.17. The predicted octanol–water partition coefficient (Wildman–Crippen LogP) is 1.33. The van der Waals surface area contributed by atoms with E-state index in [0.717, 1.165) is 22.6 Å². The van der Waals surface area contributed by atoms with Crippen molar-refractivity contribution in [1.82, 2.24) is 9.78 Å². The summed E-state index contributed by atoms with van der Waals surface area (Å²) < 4.78 is 18.9. The molecule has 2 heterocycles. The third-order valence-corrected chi connectivity index (χ3v) is 5.48. The van der Waals surface area contributed by atoms with Crippen molar-refractivity contribution in [3.63, 3.8) is 0 Å². The van der Waals surface area contributed by atoms with Crippen LogP contribution in [-0.4, -0.2) is 73.6 Å². The fourth-order valence-corrected chi connectivity index (χ4v) is 3.76. The van der Waals surface area contributed by atoms with Crippen molar-refractivity contribution in [2.75, 3.05) is 6.61 Å². The number of rotatable bonds is 8. The van der Waals surface area contributed by atoms with Crippen LogP contribution in [-0.2, 0) is 11.2 Å². The maximum absolute atomic E-state index is 10.4. The van der Waals surface area contributed by atoms with Crippen LogP contribution in [0.4, 0.5) is 0 Å². The van der Waals surface area contributed by atoms with Gasteiger partial charge in [-0.1, -0.05) is 12.1 Å². The van der Waals surface area contributed by atoms with Gasteiger partial charge >= 0.3 is 0 Å². The van der Waals surface area contributed by atoms with Gasteiger partial charge in [-0.25, -0.2) is 0 Å². The number of nitrogens with zero attached hydrogens (tertiary/aromatic N) is 2. The number of aromatic nitrogens is 2. The molecule has 32 heavy (non-hydrogen) atoms. The Morgan fingerprint density at radius 3 is 2.25 bits per heavy atom. The second-order valence-corrected chi connectivity index (χ2v) is 8.71. The molecule has 1 fully saturated rings. The Morgan fingerprint density at radius 2 is 1.69 bits per heavy atom. The first-order valence-electron chi connectivity index (χ1n) is 10.9. The number of hydrogen-bond acceptors (Lipinski definition) is 8. The van der Waals surface area contributed by atoms with E-state index >= 15 is 0 Å². The Morgan fingerprint density at radius 1 is 1.03 bits per heavy atom. The van der Waals surface area contributed by atoms with E-state index in [1.54, 1.807) is 0 Å². The molecule has 0 amide bonds. The molecule has 2 aromatic rings. The Labute approximate surface area is 188 Å². The minimum Gasteiger partial charge on any atom is -0.491 e. The molecule has 1 aromatic carbocycles. The maximum Gasteiger partial charge on any atom is 0.239 e. The number of hydrogen-bond donors (Lipinski definition) is 4. The quantitative estimate of drug-likeness (QED) is 0.475. The summed E-state index contributed by atoms with van der Waals surface area (Å²) >= 11 is 0. The molecule has 1 aliphatic rings. The highest BCUT2D eigenvalue weighted by molar-refractivity contribution is 5.38. The van der Waals surface area contributed by atoms with E-state index in [4.69, 9.17) is 14.2 Å². The molecular weight excluding hydrogens is 416 g/mol. The Bertz CT molecular complexity index is 879. The van der Waals surface area contributed by atoms with E-state index < -0.39 is 37.3 Å². The predicted molar refractivity (Wildman–Crippen MR) is 117 cm³/mol. The Balaban J connectivity index is 1.87. The van der Waals surface area contributed by atoms with Gasteiger partial charge in [0.05, 0.1) is 12.7 Å². The van der Waals surface area contributed by atoms with E-state index in [1.807, 2.05) is 63.6 Å². The van der Waals surface area contributed by atoms with Crippen molar-refractivity contribution >= 4 is 0 Å². The van der Waals surface area contributed by atoms with Gasteiger partial charge in [-0.05, 0) is 52.3 Å². The first kappa shape index (κ1) is 24.5. The minimum absolute atomic E-state index is 0.0720. The molecule has 1 saturated heterocycles. The number of aliphatic hydroxyl groups is 4. The van der Waals surface area contributed by atoms with Crippen molar-refractivity contribution in [1.29, 1.82) is 0 Å². The van der Waals surface area contributed by atoms with Gasteiger partial charge in [0.25, 0.3) is 0 Å². The van der Waals surface area contributed by atoms with Crippen molar-refractivity contribution in [3.05, 3.63) is 41.1 Å². The van der Waals surface area contributed by atoms with Crippen molar-refractivity contribution in [2.24, 2.45) is 0 Å². The number of benzene rings is 1. The van der Waals surface area contributed by atoms with Crippen LogP contribution in [0.3, 0.4) is 0 Å². The van der Waals surface area contributed by atoms with Crippen molar-refractivity contribution < 1.29 is 34.6 Å². The maximum atomic E-state index is 10.4. The van der Waals surface area contributed by atoms with Gasteiger partial charge in [0.1, 0.15) is 30.2 Å². The van der Waals surface area contributed by atoms with E-state index in [-0.39, 0.29) is 18.0 Å². The molecule has 2 unspecified atom stereocenters. The number of aliphatic hydroxyl groups excluding tert-OH is 4. The van der Waals surface area contributed by atoms with Crippen LogP contribution in [0.5, 0.6) is 11.6 Å². The SMILES string of the molecule is Cc1c(Cc2ccc(OC(C)C)cc2)c(O[C@@H]2OC(CO)[C@@H](O)C(O)[C@@H]2O)nn1C(C)C. The molecule has 178 valence electrons. The molecule has 5 atom stereocenters. The lowest BCUT2D eigenvalue weighted by molar-refractivity contribution is -0.278. The average molecular weight is 451 g/mol. The van der Waals surface area contributed by atoms with Crippen LogP contribution in [0.15, 0.2) is 24.3 Å². The van der Waals surface area contributed by atoms with E-state index in [1.165, 1.54) is 0 Å². The fourth-order valence-electron chi connectivity index (χ4n) is 3.76. The molecule has 0 radical (unpaired) electrons. The summed E-state index contributed by atoms with van der Waals surface area (Å²) in [6.07, 6.45) is -6.20. The lowest BCUT2D eigenvalue weighted by Crippen LogP contribution is -2.60. The van der Waals surface area contributed by atoms with Crippen molar-refractivity contribution in [2.45, 2.75) is 83.9 Å². The summed E-state index contributed by atoms with van der Waals surface area (Å²) in [5.41, 5.74) is 2.74. The van der Waals surface area contributed by atoms with Gasteiger partial charge in [0.2, 0.25) is 12.2 Å². The topological polar surface area (TPSA) is 126 Å². The molecule has 1 aliphatic heterocycles. The van der Waals surface area contributed by atoms with Gasteiger partial charge < -0.3 is 34.6 Å². The second-order valence-electron chi connectivity index (χ2n) is 8.71. The summed E-state index contributed by atoms with van der Waals surface area (Å²) in [6.45, 7) is 9.36. The zero-order valence-corrected chi connectivity index (χ0v) is 19.2. The van der Waals surface area contributed by atoms with E-state index in [0.29, 0.717) is 6.42 Å². The molecule has 0 aliphatic carbocycles. The molecule has 0 saturated carbocycles. The van der Waals surface area contributed by atoms with Crippen LogP contribution in [0.1, 0.15) is 50.6 Å². The summed E-state index contributed by atoms with van der Waals surface area (Å²) in [5, 5.41) is 44.4. The summed E-state index contributed by atoms with van der Waals surface area (Å²) in [4.78, 5) is 0. The van der Waals surface area contributed by atoms with Crippen LogP contribution < -0.4 is 9.47 Å². The van der Waals surface area contributed by atoms with Gasteiger partial charge in [-0.2, -0.15) is 0 Å². The molecule has 1 aromatic heterocycles. The minimum atomic E-state index is -1.52. The second kappa shape index (κ2) is 10.2. The van der Waals surface area contributed by atoms with Crippen LogP contribution in [0.25, 0.3) is 0 Å². The molecule has 9 nitrogen and oxygen atoms in total. The molecule has 4 N–H and O–H groups in total. The van der Waals surface area contributed by atoms with Gasteiger partial charge in [0, 0.05) is 23.7 Å². The van der Waals surface area contributed by atoms with E-state index in [2.05, 4.69) is 5.10 Å². The van der Waals surface area contributed by atoms with Crippen LogP contribution in [0, 0.1) is 6.92 Å². The van der Waals surface area contributed by atoms with Crippen LogP contribution in [0.2, 0.25) is 0 Å². The molecule has 3 rings (SSSR count). The smallest absolute Gasteiger partial charge is 0.239 e. The number of ether oxygens (including phenoxy) is 3.